The first kappa shape index (κ1) is 12.8. The Morgan fingerprint density at radius 3 is 1.55 bits per heavy atom. The van der Waals surface area contributed by atoms with Gasteiger partial charge >= 0.3 is 6.16 Å². The summed E-state index contributed by atoms with van der Waals surface area (Å²) in [5.74, 6) is -0.576. The minimum atomic E-state index is -3.92. The van der Waals surface area contributed by atoms with Crippen molar-refractivity contribution in [1.82, 2.24) is 0 Å². The second-order valence-electron chi connectivity index (χ2n) is 1.29. The van der Waals surface area contributed by atoms with Gasteiger partial charge in [-0.1, -0.05) is 0 Å². The quantitative estimate of drug-likeness (QED) is 0.412. The average Bonchev–Trinajstić information content (AvgIpc) is 1.58. The summed E-state index contributed by atoms with van der Waals surface area (Å²) in [6.45, 7) is -0.529. The van der Waals surface area contributed by atoms with Crippen molar-refractivity contribution in [3.8, 4) is 0 Å². The molecule has 68 valence electrons. The highest BCUT2D eigenvalue weighted by Crippen LogP contribution is 1.75. The zero-order valence-corrected chi connectivity index (χ0v) is 6.15. The lowest BCUT2D eigenvalue weighted by molar-refractivity contribution is 0.137. The highest BCUT2D eigenvalue weighted by molar-refractivity contribution is 7.85. The summed E-state index contributed by atoms with van der Waals surface area (Å²) < 4.78 is 27.1. The summed E-state index contributed by atoms with van der Waals surface area (Å²) in [6.07, 6.45) is -1.83. The Morgan fingerprint density at radius 1 is 1.27 bits per heavy atom. The second kappa shape index (κ2) is 5.89. The monoisotopic (exact) mass is 188 g/mol. The summed E-state index contributed by atoms with van der Waals surface area (Å²) in [7, 11) is -3.92. The largest absolute Gasteiger partial charge is 0.503 e. The van der Waals surface area contributed by atoms with E-state index in [2.05, 4.69) is 0 Å². The standard InChI is InChI=1S/C2H6O4S.CH2O3/c3-1-2-7(4,5)6;2-1(3)4/h3H,1-2H2,(H,4,5,6);(H2,2,3,4). The van der Waals surface area contributed by atoms with Gasteiger partial charge in [0.2, 0.25) is 0 Å². The molecule has 0 saturated heterocycles. The molecule has 0 aromatic heterocycles. The molecule has 0 bridgehead atoms. The zero-order chi connectivity index (χ0) is 9.49. The maximum absolute atomic E-state index is 9.63. The highest BCUT2D eigenvalue weighted by Gasteiger charge is 1.99. The Kier molecular flexibility index (Phi) is 6.85. The predicted molar refractivity (Wildman–Crippen MR) is 34.2 cm³/mol. The van der Waals surface area contributed by atoms with Crippen molar-refractivity contribution in [2.75, 3.05) is 12.4 Å². The van der Waals surface area contributed by atoms with Crippen LogP contribution in [-0.4, -0.2) is 46.8 Å². The molecule has 0 aliphatic carbocycles. The Balaban J connectivity index is 0. The van der Waals surface area contributed by atoms with Crippen LogP contribution < -0.4 is 0 Å². The Morgan fingerprint density at radius 2 is 1.55 bits per heavy atom. The molecule has 0 aromatic carbocycles. The topological polar surface area (TPSA) is 132 Å². The van der Waals surface area contributed by atoms with Gasteiger partial charge in [-0.3, -0.25) is 4.55 Å². The number of aliphatic hydroxyl groups excluding tert-OH is 1. The molecule has 7 nitrogen and oxygen atoms in total. The van der Waals surface area contributed by atoms with Crippen LogP contribution in [0.15, 0.2) is 0 Å². The molecule has 0 radical (unpaired) electrons. The van der Waals surface area contributed by atoms with Gasteiger partial charge in [-0.15, -0.1) is 0 Å². The van der Waals surface area contributed by atoms with Crippen LogP contribution in [0, 0.1) is 0 Å². The molecule has 0 aliphatic rings. The molecule has 0 atom stereocenters. The lowest BCUT2D eigenvalue weighted by Gasteiger charge is -1.85. The van der Waals surface area contributed by atoms with Crippen LogP contribution in [0.1, 0.15) is 0 Å². The summed E-state index contributed by atoms with van der Waals surface area (Å²) in [5, 5.41) is 21.8. The smallest absolute Gasteiger partial charge is 0.450 e. The molecule has 11 heavy (non-hydrogen) atoms. The zero-order valence-electron chi connectivity index (χ0n) is 5.34. The van der Waals surface area contributed by atoms with E-state index in [-0.39, 0.29) is 0 Å². The number of hydrogen-bond donors (Lipinski definition) is 4. The van der Waals surface area contributed by atoms with E-state index in [0.29, 0.717) is 0 Å². The molecule has 0 aliphatic heterocycles. The fourth-order valence-electron chi connectivity index (χ4n) is 0.115. The summed E-state index contributed by atoms with van der Waals surface area (Å²) in [6, 6.07) is 0. The van der Waals surface area contributed by atoms with Crippen LogP contribution in [-0.2, 0) is 10.1 Å². The number of carbonyl (C=O) groups is 1. The van der Waals surface area contributed by atoms with Crippen LogP contribution >= 0.6 is 0 Å². The van der Waals surface area contributed by atoms with Gasteiger partial charge in [0.05, 0.1) is 12.4 Å². The Bertz CT molecular complexity index is 188. The normalized spacial score (nSPS) is 9.64. The third kappa shape index (κ3) is 47.3. The summed E-state index contributed by atoms with van der Waals surface area (Å²) in [5.41, 5.74) is 0. The number of carboxylic acid groups (broad SMARTS) is 2. The van der Waals surface area contributed by atoms with Gasteiger partial charge in [-0.05, 0) is 0 Å². The van der Waals surface area contributed by atoms with Crippen molar-refractivity contribution < 1.29 is 33.1 Å². The third-order valence-corrected chi connectivity index (χ3v) is 1.05. The van der Waals surface area contributed by atoms with E-state index < -0.39 is 28.6 Å². The predicted octanol–water partition coefficient (Wildman–Crippen LogP) is -0.911. The van der Waals surface area contributed by atoms with E-state index >= 15 is 0 Å². The van der Waals surface area contributed by atoms with E-state index in [9.17, 15) is 8.42 Å². The maximum atomic E-state index is 9.63. The molecule has 0 spiro atoms. The van der Waals surface area contributed by atoms with Crippen LogP contribution in [0.5, 0.6) is 0 Å². The van der Waals surface area contributed by atoms with Gasteiger partial charge in [0.1, 0.15) is 0 Å². The van der Waals surface area contributed by atoms with Crippen LogP contribution in [0.3, 0.4) is 0 Å². The van der Waals surface area contributed by atoms with E-state index in [4.69, 9.17) is 24.7 Å². The minimum Gasteiger partial charge on any atom is -0.450 e. The Hall–Kier alpha value is -0.860. The van der Waals surface area contributed by atoms with Gasteiger partial charge in [-0.2, -0.15) is 8.42 Å². The third-order valence-electron chi connectivity index (χ3n) is 0.349. The fourth-order valence-corrected chi connectivity index (χ4v) is 0.346. The van der Waals surface area contributed by atoms with Crippen LogP contribution in [0.25, 0.3) is 0 Å². The van der Waals surface area contributed by atoms with E-state index in [0.717, 1.165) is 0 Å². The molecule has 8 heteroatoms. The first-order chi connectivity index (χ1) is 4.79. The van der Waals surface area contributed by atoms with E-state index in [1.807, 2.05) is 0 Å². The van der Waals surface area contributed by atoms with Gasteiger partial charge in [0.15, 0.2) is 0 Å². The van der Waals surface area contributed by atoms with Crippen LogP contribution in [0.4, 0.5) is 4.79 Å². The molecule has 4 N–H and O–H groups in total. The van der Waals surface area contributed by atoms with Gasteiger partial charge in [0, 0.05) is 0 Å². The SMILES string of the molecule is O=C(O)O.O=S(=O)(O)CCO. The minimum absolute atomic E-state index is 0.529. The Labute approximate surface area is 62.6 Å². The number of rotatable bonds is 2. The lowest BCUT2D eigenvalue weighted by atomic mass is 10.9. The van der Waals surface area contributed by atoms with Gasteiger partial charge < -0.3 is 15.3 Å². The van der Waals surface area contributed by atoms with E-state index in [1.54, 1.807) is 0 Å². The average molecular weight is 188 g/mol. The first-order valence-corrected chi connectivity index (χ1v) is 3.88. The van der Waals surface area contributed by atoms with E-state index in [1.165, 1.54) is 0 Å². The van der Waals surface area contributed by atoms with Crippen molar-refractivity contribution in [2.24, 2.45) is 0 Å². The van der Waals surface area contributed by atoms with Crippen molar-refractivity contribution in [3.63, 3.8) is 0 Å². The summed E-state index contributed by atoms with van der Waals surface area (Å²) in [4.78, 5) is 8.56. The highest BCUT2D eigenvalue weighted by atomic mass is 32.2. The molecule has 0 rings (SSSR count). The maximum Gasteiger partial charge on any atom is 0.503 e. The molecule has 0 fully saturated rings. The first-order valence-electron chi connectivity index (χ1n) is 2.27. The van der Waals surface area contributed by atoms with Gasteiger partial charge in [0.25, 0.3) is 10.1 Å². The molecule has 0 heterocycles. The molecular weight excluding hydrogens is 180 g/mol. The number of hydrogen-bond acceptors (Lipinski definition) is 4. The molecule has 0 amide bonds. The number of aliphatic hydroxyl groups is 1. The van der Waals surface area contributed by atoms with Gasteiger partial charge in [-0.25, -0.2) is 4.79 Å². The lowest BCUT2D eigenvalue weighted by Crippen LogP contribution is -2.06. The van der Waals surface area contributed by atoms with Crippen molar-refractivity contribution in [2.45, 2.75) is 0 Å². The molecule has 0 aromatic rings. The van der Waals surface area contributed by atoms with Crippen molar-refractivity contribution >= 4 is 16.3 Å². The summed E-state index contributed by atoms with van der Waals surface area (Å²) >= 11 is 0. The molecule has 0 saturated carbocycles. The van der Waals surface area contributed by atoms with Crippen LogP contribution in [0.2, 0.25) is 0 Å². The second-order valence-corrected chi connectivity index (χ2v) is 2.86. The van der Waals surface area contributed by atoms with Crippen molar-refractivity contribution in [1.29, 1.82) is 0 Å². The fraction of sp³-hybridized carbons (Fsp3) is 0.667. The van der Waals surface area contributed by atoms with Crippen molar-refractivity contribution in [3.05, 3.63) is 0 Å². The molecular formula is C3H8O7S. The molecule has 0 unspecified atom stereocenters.